The van der Waals surface area contributed by atoms with Crippen LogP contribution < -0.4 is 0 Å². The normalized spacial score (nSPS) is 11.4. The van der Waals surface area contributed by atoms with Crippen molar-refractivity contribution in [1.29, 1.82) is 0 Å². The average Bonchev–Trinajstić information content (AvgIpc) is 3.71. The summed E-state index contributed by atoms with van der Waals surface area (Å²) in [6.45, 7) is 11.5. The molecule has 0 bridgehead atoms. The summed E-state index contributed by atoms with van der Waals surface area (Å²) in [6.07, 6.45) is 0.927. The van der Waals surface area contributed by atoms with E-state index in [2.05, 4.69) is 174 Å². The maximum atomic E-state index is 2.47. The molecule has 7 rings (SSSR count). The maximum absolute atomic E-state index is 2.47. The van der Waals surface area contributed by atoms with Gasteiger partial charge in [0.05, 0.1) is 0 Å². The number of fused-ring (bicyclic) bond motifs is 2. The van der Waals surface area contributed by atoms with Crippen LogP contribution in [0.4, 0.5) is 0 Å². The maximum Gasteiger partial charge on any atom is 4.00 e. The Morgan fingerprint density at radius 3 is 1.40 bits per heavy atom. The monoisotopic (exact) mass is 792 g/mol. The second kappa shape index (κ2) is 15.2. The Balaban J connectivity index is 0.00000173. The van der Waals surface area contributed by atoms with Gasteiger partial charge >= 0.3 is 25.8 Å². The molecule has 0 saturated carbocycles. The zero-order valence-corrected chi connectivity index (χ0v) is 33.2. The van der Waals surface area contributed by atoms with Crippen molar-refractivity contribution in [3.05, 3.63) is 182 Å². The third-order valence-electron chi connectivity index (χ3n) is 9.90. The first-order valence-electron chi connectivity index (χ1n) is 16.4. The molecule has 0 saturated heterocycles. The zero-order valence-electron chi connectivity index (χ0n) is 29.6. The number of hydrogen-bond acceptors (Lipinski definition) is 0. The summed E-state index contributed by atoms with van der Waals surface area (Å²) < 4.78 is 0. The molecule has 0 aliphatic heterocycles. The van der Waals surface area contributed by atoms with Crippen molar-refractivity contribution >= 4 is 21.5 Å². The average molecular weight is 791 g/mol. The standard InChI is InChI=1S/C45H42.2CH3.Hf/c1-30(2)33-15-9-17-35(23-33)41-21-11-19-37-25-39(27-43(37)41)45(5,29-32-13-7-6-8-14-32)40-26-38-20-12-22-42(44(38)28-40)36-18-10-16-34(24-36)31(3)4;;;/h6-28,30-31H,29H2,1-5H3;2*1H3;/q-2;2*-1;+4. The summed E-state index contributed by atoms with van der Waals surface area (Å²) in [5.41, 5.74) is 11.8. The van der Waals surface area contributed by atoms with Crippen molar-refractivity contribution in [2.45, 2.75) is 58.3 Å². The quantitative estimate of drug-likeness (QED) is 0.106. The molecule has 48 heavy (non-hydrogen) atoms. The number of benzene rings is 5. The van der Waals surface area contributed by atoms with E-state index in [0.29, 0.717) is 11.8 Å². The van der Waals surface area contributed by atoms with E-state index in [1.54, 1.807) is 0 Å². The van der Waals surface area contributed by atoms with Crippen molar-refractivity contribution in [2.75, 3.05) is 0 Å². The van der Waals surface area contributed by atoms with Gasteiger partial charge in [-0.25, -0.2) is 0 Å². The molecule has 0 spiro atoms. The molecule has 240 valence electrons. The molecule has 0 radical (unpaired) electrons. The van der Waals surface area contributed by atoms with Crippen molar-refractivity contribution in [3.8, 4) is 22.3 Å². The molecule has 1 heteroatoms. The van der Waals surface area contributed by atoms with Crippen LogP contribution in [0.15, 0.2) is 140 Å². The topological polar surface area (TPSA) is 0 Å². The number of hydrogen-bond donors (Lipinski definition) is 0. The van der Waals surface area contributed by atoms with Crippen LogP contribution in [0.25, 0.3) is 43.8 Å². The SMILES string of the molecule is CC(C)c1cccc(-c2cccc3[cH-]c(C(C)(Cc4ccccc4)c4cc5c(-c6cccc(C(C)C)c6)cccc5[cH-]4)cc23)c1.[CH3-].[CH3-].[Hf+4]. The first kappa shape index (κ1) is 37.0. The zero-order chi connectivity index (χ0) is 31.1. The van der Waals surface area contributed by atoms with Gasteiger partial charge in [-0.1, -0.05) is 137 Å². The van der Waals surface area contributed by atoms with E-state index in [1.807, 2.05) is 0 Å². The third kappa shape index (κ3) is 6.99. The van der Waals surface area contributed by atoms with Crippen molar-refractivity contribution in [1.82, 2.24) is 0 Å². The smallest absolute Gasteiger partial charge is 0.358 e. The van der Waals surface area contributed by atoms with Crippen LogP contribution in [0, 0.1) is 14.9 Å². The molecular weight excluding hydrogens is 743 g/mol. The first-order valence-corrected chi connectivity index (χ1v) is 16.4. The van der Waals surface area contributed by atoms with Gasteiger partial charge in [-0.15, -0.1) is 69.1 Å². The molecular formula is C47H48Hf. The summed E-state index contributed by atoms with van der Waals surface area (Å²) in [6, 6.07) is 52.5. The van der Waals surface area contributed by atoms with Crippen LogP contribution in [0.5, 0.6) is 0 Å². The van der Waals surface area contributed by atoms with Crippen LogP contribution >= 0.6 is 0 Å². The predicted octanol–water partition coefficient (Wildman–Crippen LogP) is 13.5. The Hall–Kier alpha value is -3.81. The summed E-state index contributed by atoms with van der Waals surface area (Å²) in [5.74, 6) is 0.996. The molecule has 0 atom stereocenters. The summed E-state index contributed by atoms with van der Waals surface area (Å²) in [4.78, 5) is 0. The largest absolute Gasteiger partial charge is 4.00 e. The van der Waals surface area contributed by atoms with Gasteiger partial charge < -0.3 is 14.9 Å². The molecule has 0 fully saturated rings. The molecule has 7 aromatic rings. The third-order valence-corrected chi connectivity index (χ3v) is 9.90. The van der Waals surface area contributed by atoms with E-state index >= 15 is 0 Å². The second-order valence-corrected chi connectivity index (χ2v) is 13.7. The van der Waals surface area contributed by atoms with Crippen molar-refractivity contribution in [2.24, 2.45) is 0 Å². The number of rotatable bonds is 8. The van der Waals surface area contributed by atoms with E-state index < -0.39 is 0 Å². The van der Waals surface area contributed by atoms with Crippen LogP contribution in [-0.2, 0) is 37.7 Å². The Kier molecular flexibility index (Phi) is 11.7. The van der Waals surface area contributed by atoms with Gasteiger partial charge in [0.25, 0.3) is 0 Å². The Bertz CT molecular complexity index is 1970. The predicted molar refractivity (Wildman–Crippen MR) is 208 cm³/mol. The minimum Gasteiger partial charge on any atom is -0.358 e. The fraction of sp³-hybridized carbons (Fsp3) is 0.191. The molecule has 0 aliphatic rings. The van der Waals surface area contributed by atoms with Crippen LogP contribution in [0.3, 0.4) is 0 Å². The van der Waals surface area contributed by atoms with E-state index in [1.165, 1.54) is 71.6 Å². The van der Waals surface area contributed by atoms with E-state index in [9.17, 15) is 0 Å². The van der Waals surface area contributed by atoms with E-state index in [4.69, 9.17) is 0 Å². The Labute approximate surface area is 308 Å². The van der Waals surface area contributed by atoms with Gasteiger partial charge in [0, 0.05) is 0 Å². The molecule has 0 unspecified atom stereocenters. The Morgan fingerprint density at radius 1 is 0.521 bits per heavy atom. The molecule has 0 aromatic heterocycles. The van der Waals surface area contributed by atoms with Crippen LogP contribution in [0.1, 0.15) is 74.3 Å². The fourth-order valence-corrected chi connectivity index (χ4v) is 7.12. The minimum atomic E-state index is -0.215. The van der Waals surface area contributed by atoms with Crippen LogP contribution in [0.2, 0.25) is 0 Å². The molecule has 7 aromatic carbocycles. The van der Waals surface area contributed by atoms with Gasteiger partial charge in [0.1, 0.15) is 0 Å². The minimum absolute atomic E-state index is 0. The van der Waals surface area contributed by atoms with Gasteiger partial charge in [0.15, 0.2) is 0 Å². The molecule has 0 aliphatic carbocycles. The van der Waals surface area contributed by atoms with Gasteiger partial charge in [-0.05, 0) is 51.5 Å². The summed E-state index contributed by atoms with van der Waals surface area (Å²) in [5, 5.41) is 5.27. The molecule has 0 N–H and O–H groups in total. The van der Waals surface area contributed by atoms with Crippen molar-refractivity contribution < 1.29 is 25.8 Å². The summed E-state index contributed by atoms with van der Waals surface area (Å²) in [7, 11) is 0. The van der Waals surface area contributed by atoms with Gasteiger partial charge in [-0.3, -0.25) is 0 Å². The fourth-order valence-electron chi connectivity index (χ4n) is 7.12. The van der Waals surface area contributed by atoms with E-state index in [-0.39, 0.29) is 46.1 Å². The van der Waals surface area contributed by atoms with E-state index in [0.717, 1.165) is 6.42 Å². The molecule has 0 heterocycles. The second-order valence-electron chi connectivity index (χ2n) is 13.7. The molecule has 0 amide bonds. The first-order chi connectivity index (χ1) is 21.8. The van der Waals surface area contributed by atoms with Gasteiger partial charge in [0.2, 0.25) is 0 Å². The molecule has 0 nitrogen and oxygen atoms in total. The summed E-state index contributed by atoms with van der Waals surface area (Å²) >= 11 is 0. The van der Waals surface area contributed by atoms with Gasteiger partial charge in [-0.2, -0.15) is 12.1 Å². The Morgan fingerprint density at radius 2 is 0.958 bits per heavy atom. The van der Waals surface area contributed by atoms with Crippen LogP contribution in [-0.4, -0.2) is 0 Å². The van der Waals surface area contributed by atoms with Crippen molar-refractivity contribution in [3.63, 3.8) is 0 Å².